The van der Waals surface area contributed by atoms with Crippen LogP contribution in [0.2, 0.25) is 0 Å². The van der Waals surface area contributed by atoms with Crippen LogP contribution in [0.1, 0.15) is 6.92 Å². The number of nitrogens with zero attached hydrogens (tertiary/aromatic N) is 3. The molecule has 90 valence electrons. The first-order valence-electron chi connectivity index (χ1n) is 4.97. The second-order valence-electron chi connectivity index (χ2n) is 3.26. The maximum atomic E-state index is 11.7. The van der Waals surface area contributed by atoms with Crippen molar-refractivity contribution in [3.8, 4) is 11.4 Å². The molecule has 0 radical (unpaired) electrons. The van der Waals surface area contributed by atoms with Crippen molar-refractivity contribution in [1.82, 2.24) is 25.3 Å². The van der Waals surface area contributed by atoms with E-state index in [9.17, 15) is 8.42 Å². The van der Waals surface area contributed by atoms with Crippen molar-refractivity contribution in [3.63, 3.8) is 0 Å². The second kappa shape index (κ2) is 4.60. The highest BCUT2D eigenvalue weighted by molar-refractivity contribution is 7.89. The Morgan fingerprint density at radius 1 is 1.29 bits per heavy atom. The molecule has 0 unspecified atom stereocenters. The van der Waals surface area contributed by atoms with Crippen molar-refractivity contribution >= 4 is 10.0 Å². The van der Waals surface area contributed by atoms with Gasteiger partial charge in [-0.2, -0.15) is 5.21 Å². The van der Waals surface area contributed by atoms with Gasteiger partial charge in [0.2, 0.25) is 15.8 Å². The number of H-pyrrole nitrogens is 1. The van der Waals surface area contributed by atoms with Gasteiger partial charge in [0, 0.05) is 12.1 Å². The van der Waals surface area contributed by atoms with Crippen LogP contribution in [0, 0.1) is 0 Å². The summed E-state index contributed by atoms with van der Waals surface area (Å²) in [6.07, 6.45) is 0. The van der Waals surface area contributed by atoms with Crippen molar-refractivity contribution < 1.29 is 8.42 Å². The van der Waals surface area contributed by atoms with E-state index in [-0.39, 0.29) is 4.90 Å². The van der Waals surface area contributed by atoms with Gasteiger partial charge in [0.1, 0.15) is 0 Å². The molecular weight excluding hydrogens is 242 g/mol. The lowest BCUT2D eigenvalue weighted by Gasteiger charge is -2.04. The van der Waals surface area contributed by atoms with Crippen LogP contribution < -0.4 is 4.72 Å². The molecule has 8 heteroatoms. The molecule has 2 aromatic rings. The minimum atomic E-state index is -3.41. The SMILES string of the molecule is CCNS(=O)(=O)c1ccc(-c2nn[nH]n2)cc1. The smallest absolute Gasteiger partial charge is 0.211 e. The van der Waals surface area contributed by atoms with Gasteiger partial charge in [-0.05, 0) is 29.5 Å². The molecule has 0 bridgehead atoms. The Labute approximate surface area is 98.3 Å². The molecule has 0 saturated carbocycles. The minimum Gasteiger partial charge on any atom is -0.211 e. The highest BCUT2D eigenvalue weighted by Crippen LogP contribution is 2.16. The maximum Gasteiger partial charge on any atom is 0.240 e. The number of hydrogen-bond acceptors (Lipinski definition) is 5. The van der Waals surface area contributed by atoms with Crippen LogP contribution in [0.5, 0.6) is 0 Å². The summed E-state index contributed by atoms with van der Waals surface area (Å²) in [5.74, 6) is 0.428. The third kappa shape index (κ3) is 2.48. The van der Waals surface area contributed by atoms with E-state index in [0.717, 1.165) is 0 Å². The van der Waals surface area contributed by atoms with Gasteiger partial charge in [-0.25, -0.2) is 13.1 Å². The summed E-state index contributed by atoms with van der Waals surface area (Å²) >= 11 is 0. The fourth-order valence-corrected chi connectivity index (χ4v) is 2.38. The van der Waals surface area contributed by atoms with Crippen LogP contribution in [0.25, 0.3) is 11.4 Å². The quantitative estimate of drug-likeness (QED) is 0.808. The Kier molecular flexibility index (Phi) is 3.16. The van der Waals surface area contributed by atoms with E-state index in [1.807, 2.05) is 0 Å². The van der Waals surface area contributed by atoms with Gasteiger partial charge in [-0.15, -0.1) is 10.2 Å². The summed E-state index contributed by atoms with van der Waals surface area (Å²) in [6, 6.07) is 6.28. The highest BCUT2D eigenvalue weighted by atomic mass is 32.2. The summed E-state index contributed by atoms with van der Waals surface area (Å²) in [5, 5.41) is 13.4. The zero-order chi connectivity index (χ0) is 12.3. The number of benzene rings is 1. The number of rotatable bonds is 4. The molecule has 0 fully saturated rings. The number of hydrogen-bond donors (Lipinski definition) is 2. The zero-order valence-electron chi connectivity index (χ0n) is 9.08. The van der Waals surface area contributed by atoms with Crippen LogP contribution in [0.3, 0.4) is 0 Å². The van der Waals surface area contributed by atoms with Gasteiger partial charge >= 0.3 is 0 Å². The van der Waals surface area contributed by atoms with Gasteiger partial charge in [-0.3, -0.25) is 0 Å². The van der Waals surface area contributed by atoms with E-state index in [1.165, 1.54) is 12.1 Å². The lowest BCUT2D eigenvalue weighted by molar-refractivity contribution is 0.584. The van der Waals surface area contributed by atoms with Gasteiger partial charge in [0.05, 0.1) is 4.90 Å². The molecule has 2 rings (SSSR count). The number of sulfonamides is 1. The fourth-order valence-electron chi connectivity index (χ4n) is 1.34. The second-order valence-corrected chi connectivity index (χ2v) is 5.03. The Morgan fingerprint density at radius 2 is 2.00 bits per heavy atom. The van der Waals surface area contributed by atoms with Crippen LogP contribution >= 0.6 is 0 Å². The molecule has 0 aliphatic carbocycles. The summed E-state index contributed by atoms with van der Waals surface area (Å²) < 4.78 is 25.8. The molecule has 0 aliphatic heterocycles. The number of aromatic amines is 1. The molecule has 0 spiro atoms. The van der Waals surface area contributed by atoms with Gasteiger partial charge in [0.25, 0.3) is 0 Å². The molecule has 0 atom stereocenters. The van der Waals surface area contributed by atoms with Crippen LogP contribution in [-0.4, -0.2) is 35.6 Å². The first-order chi connectivity index (χ1) is 8.13. The molecule has 0 amide bonds. The maximum absolute atomic E-state index is 11.7. The minimum absolute atomic E-state index is 0.214. The van der Waals surface area contributed by atoms with Gasteiger partial charge < -0.3 is 0 Å². The van der Waals surface area contributed by atoms with Crippen LogP contribution in [-0.2, 0) is 10.0 Å². The van der Waals surface area contributed by atoms with E-state index < -0.39 is 10.0 Å². The molecular formula is C9H11N5O2S. The van der Waals surface area contributed by atoms with E-state index in [1.54, 1.807) is 19.1 Å². The van der Waals surface area contributed by atoms with E-state index in [2.05, 4.69) is 25.3 Å². The molecule has 1 aromatic carbocycles. The van der Waals surface area contributed by atoms with Crippen molar-refractivity contribution in [2.45, 2.75) is 11.8 Å². The molecule has 7 nitrogen and oxygen atoms in total. The largest absolute Gasteiger partial charge is 0.240 e. The Bertz CT molecular complexity index is 576. The Balaban J connectivity index is 2.31. The standard InChI is InChI=1S/C9H11N5O2S/c1-2-10-17(15,16)8-5-3-7(4-6-8)9-11-13-14-12-9/h3-6,10H,2H2,1H3,(H,11,12,13,14). The first-order valence-corrected chi connectivity index (χ1v) is 6.45. The predicted octanol–water partition coefficient (Wildman–Crippen LogP) is 0.165. The van der Waals surface area contributed by atoms with Gasteiger partial charge in [0.15, 0.2) is 0 Å². The molecule has 0 saturated heterocycles. The highest BCUT2D eigenvalue weighted by Gasteiger charge is 2.12. The molecule has 0 aliphatic rings. The third-order valence-corrected chi connectivity index (χ3v) is 3.66. The monoisotopic (exact) mass is 253 g/mol. The summed E-state index contributed by atoms with van der Waals surface area (Å²) in [7, 11) is -3.41. The van der Waals surface area contributed by atoms with Crippen molar-refractivity contribution in [2.24, 2.45) is 0 Å². The van der Waals surface area contributed by atoms with E-state index >= 15 is 0 Å². The van der Waals surface area contributed by atoms with Crippen LogP contribution in [0.15, 0.2) is 29.2 Å². The fraction of sp³-hybridized carbons (Fsp3) is 0.222. The average Bonchev–Trinajstić information content (AvgIpc) is 2.82. The number of nitrogens with one attached hydrogen (secondary N) is 2. The summed E-state index contributed by atoms with van der Waals surface area (Å²) in [6.45, 7) is 2.08. The molecule has 1 aromatic heterocycles. The topological polar surface area (TPSA) is 101 Å². The van der Waals surface area contributed by atoms with Gasteiger partial charge in [-0.1, -0.05) is 6.92 Å². The molecule has 2 N–H and O–H groups in total. The predicted molar refractivity (Wildman–Crippen MR) is 60.5 cm³/mol. The van der Waals surface area contributed by atoms with E-state index in [4.69, 9.17) is 0 Å². The third-order valence-electron chi connectivity index (χ3n) is 2.10. The van der Waals surface area contributed by atoms with Crippen molar-refractivity contribution in [1.29, 1.82) is 0 Å². The summed E-state index contributed by atoms with van der Waals surface area (Å²) in [4.78, 5) is 0.214. The normalized spacial score (nSPS) is 11.6. The number of tetrazole rings is 1. The number of aromatic nitrogens is 4. The average molecular weight is 253 g/mol. The molecule has 17 heavy (non-hydrogen) atoms. The summed E-state index contributed by atoms with van der Waals surface area (Å²) in [5.41, 5.74) is 0.703. The van der Waals surface area contributed by atoms with Crippen molar-refractivity contribution in [3.05, 3.63) is 24.3 Å². The zero-order valence-corrected chi connectivity index (χ0v) is 9.90. The lowest BCUT2D eigenvalue weighted by atomic mass is 10.2. The molecule has 1 heterocycles. The first kappa shape index (κ1) is 11.7. The van der Waals surface area contributed by atoms with Crippen LogP contribution in [0.4, 0.5) is 0 Å². The van der Waals surface area contributed by atoms with Crippen molar-refractivity contribution in [2.75, 3.05) is 6.54 Å². The lowest BCUT2D eigenvalue weighted by Crippen LogP contribution is -2.22. The Morgan fingerprint density at radius 3 is 2.53 bits per heavy atom. The Hall–Kier alpha value is -1.80. The van der Waals surface area contributed by atoms with E-state index in [0.29, 0.717) is 17.9 Å².